The van der Waals surface area contributed by atoms with E-state index in [1.165, 1.54) is 165 Å². The summed E-state index contributed by atoms with van der Waals surface area (Å²) in [4.78, 5) is 0. The van der Waals surface area contributed by atoms with E-state index in [1.54, 1.807) is 0 Å². The van der Waals surface area contributed by atoms with Gasteiger partial charge in [0.15, 0.2) is 24.8 Å². The molecule has 8 aromatic carbocycles. The van der Waals surface area contributed by atoms with Crippen LogP contribution in [-0.2, 0) is 28.2 Å². The van der Waals surface area contributed by atoms with Crippen LogP contribution in [0.1, 0.15) is 55.6 Å². The van der Waals surface area contributed by atoms with Crippen LogP contribution in [0.15, 0.2) is 183 Å². The maximum atomic E-state index is 2.41. The lowest BCUT2D eigenvalue weighted by Gasteiger charge is -2.18. The van der Waals surface area contributed by atoms with Crippen LogP contribution in [0.3, 0.4) is 0 Å². The summed E-state index contributed by atoms with van der Waals surface area (Å²) in [6.45, 7) is 51.0. The van der Waals surface area contributed by atoms with Crippen molar-refractivity contribution in [3.05, 3.63) is 238 Å². The third kappa shape index (κ3) is 15.2. The Morgan fingerprint density at radius 3 is 0.926 bits per heavy atom. The number of benzene rings is 8. The maximum Gasteiger partial charge on any atom is 0.220 e. The summed E-state index contributed by atoms with van der Waals surface area (Å²) in [6, 6.07) is 59.5. The van der Waals surface area contributed by atoms with Crippen LogP contribution in [-0.4, -0.2) is 32.3 Å². The first-order chi connectivity index (χ1) is 43.9. The van der Waals surface area contributed by atoms with Gasteiger partial charge in [-0.05, 0) is 184 Å². The van der Waals surface area contributed by atoms with Crippen LogP contribution in [0, 0.1) is 69.2 Å². The van der Waals surface area contributed by atoms with Crippen molar-refractivity contribution in [3.8, 4) is 45.0 Å². The van der Waals surface area contributed by atoms with Crippen molar-refractivity contribution in [3.63, 3.8) is 0 Å². The van der Waals surface area contributed by atoms with Crippen molar-refractivity contribution in [1.82, 2.24) is 0 Å². The monoisotopic (exact) mass is 1310 g/mol. The standard InChI is InChI=1S/C23H30NSi.C22H28NSi.C21H26NSi.C20H24NSi/c1-15-13-22(18(4)17(3)16(15)2)23-21-10-9-20(25(6,7)8)14-19(21)11-12-24(23)5;1-15-12-16(2)17(3)21(13-15)22-20-9-8-19(24(5,6)7)14-18(20)10-11-23(22)4;1-15-7-8-16(2)20(13-15)21-19-10-9-18(23(4,5)6)14-17(19)11-12-22(21)3;1-15-8-6-7-9-18(15)20-19-11-10-17(22(3,4)5)14-16(19)12-13-21(20)2/h9-14H,1-8H3;8-14H,1-7H3;7-14H,1-6H3;6-14H,1-5H3/q4*+1. The number of aromatic nitrogens is 4. The van der Waals surface area contributed by atoms with Gasteiger partial charge in [-0.1, -0.05) is 195 Å². The predicted molar refractivity (Wildman–Crippen MR) is 422 cm³/mol. The van der Waals surface area contributed by atoms with Gasteiger partial charge in [0.25, 0.3) is 0 Å². The first-order valence-electron chi connectivity index (χ1n) is 34.0. The van der Waals surface area contributed by atoms with E-state index < -0.39 is 32.3 Å². The second-order valence-corrected chi connectivity index (χ2v) is 51.6. The largest absolute Gasteiger partial charge is 0.220 e. The van der Waals surface area contributed by atoms with E-state index in [9.17, 15) is 0 Å². The number of rotatable bonds is 8. The quantitative estimate of drug-likeness (QED) is 0.106. The molecular weight excluding hydrogens is 1200 g/mol. The molecule has 0 atom stereocenters. The molecule has 0 unspecified atom stereocenters. The number of nitrogens with zero attached hydrogens (tertiary/aromatic N) is 4. The molecule has 0 spiro atoms. The van der Waals surface area contributed by atoms with Gasteiger partial charge in [-0.3, -0.25) is 0 Å². The first kappa shape index (κ1) is 70.6. The number of hydrogen-bond acceptors (Lipinski definition) is 0. The Morgan fingerprint density at radius 2 is 0.553 bits per heavy atom. The molecule has 94 heavy (non-hydrogen) atoms. The van der Waals surface area contributed by atoms with E-state index >= 15 is 0 Å². The molecule has 484 valence electrons. The van der Waals surface area contributed by atoms with Gasteiger partial charge in [0.2, 0.25) is 22.8 Å². The molecule has 4 heterocycles. The minimum atomic E-state index is -1.30. The van der Waals surface area contributed by atoms with E-state index in [0.29, 0.717) is 0 Å². The second kappa shape index (κ2) is 27.5. The van der Waals surface area contributed by atoms with Gasteiger partial charge in [0.05, 0.1) is 65.0 Å². The van der Waals surface area contributed by atoms with E-state index in [-0.39, 0.29) is 0 Å². The van der Waals surface area contributed by atoms with Crippen LogP contribution in [0.25, 0.3) is 88.1 Å². The molecule has 0 aliphatic heterocycles. The van der Waals surface area contributed by atoms with Crippen molar-refractivity contribution in [1.29, 1.82) is 0 Å². The first-order valence-corrected chi connectivity index (χ1v) is 48.0. The molecule has 0 bridgehead atoms. The number of fused-ring (bicyclic) bond motifs is 4. The molecule has 0 aliphatic rings. The Bertz CT molecular complexity index is 4870. The molecule has 0 amide bonds. The molecule has 4 nitrogen and oxygen atoms in total. The van der Waals surface area contributed by atoms with Gasteiger partial charge in [-0.25, -0.2) is 18.3 Å². The molecule has 4 aromatic heterocycles. The maximum absolute atomic E-state index is 2.41. The fourth-order valence-corrected chi connectivity index (χ4v) is 18.0. The minimum absolute atomic E-state index is 1.28. The average molecular weight is 1310 g/mol. The topological polar surface area (TPSA) is 15.5 Å². The van der Waals surface area contributed by atoms with E-state index in [0.717, 1.165) is 0 Å². The Hall–Kier alpha value is -7.73. The summed E-state index contributed by atoms with van der Waals surface area (Å²) < 4.78 is 9.02. The normalized spacial score (nSPS) is 11.9. The summed E-state index contributed by atoms with van der Waals surface area (Å²) in [5, 5.41) is 16.8. The van der Waals surface area contributed by atoms with Gasteiger partial charge in [0, 0.05) is 35.4 Å². The average Bonchev–Trinajstić information content (AvgIpc) is 0.788. The van der Waals surface area contributed by atoms with Crippen molar-refractivity contribution in [2.75, 3.05) is 0 Å². The van der Waals surface area contributed by atoms with Crippen LogP contribution in [0.2, 0.25) is 78.6 Å². The molecule has 0 N–H and O–H groups in total. The zero-order valence-corrected chi connectivity index (χ0v) is 66.1. The van der Waals surface area contributed by atoms with Crippen LogP contribution < -0.4 is 39.0 Å². The summed E-state index contributed by atoms with van der Waals surface area (Å²) >= 11 is 0. The molecule has 0 radical (unpaired) electrons. The highest BCUT2D eigenvalue weighted by Crippen LogP contribution is 2.35. The van der Waals surface area contributed by atoms with Gasteiger partial charge in [0.1, 0.15) is 28.2 Å². The van der Waals surface area contributed by atoms with Gasteiger partial charge in [-0.15, -0.1) is 0 Å². The molecule has 12 rings (SSSR count). The molecule has 12 aromatic rings. The number of hydrogen-bond donors (Lipinski definition) is 0. The smallest absolute Gasteiger partial charge is 0.200 e. The Balaban J connectivity index is 0.000000148. The lowest BCUT2D eigenvalue weighted by atomic mass is 9.91. The second-order valence-electron chi connectivity index (χ2n) is 31.3. The van der Waals surface area contributed by atoms with Crippen molar-refractivity contribution >= 4 is 96.1 Å². The predicted octanol–water partition coefficient (Wildman–Crippen LogP) is 18.6. The lowest BCUT2D eigenvalue weighted by molar-refractivity contribution is -0.659. The third-order valence-corrected chi connectivity index (χ3v) is 28.0. The van der Waals surface area contributed by atoms with Crippen molar-refractivity contribution in [2.45, 2.75) is 148 Å². The summed E-state index contributed by atoms with van der Waals surface area (Å²) in [5.74, 6) is 0. The Labute approximate surface area is 569 Å². The highest BCUT2D eigenvalue weighted by atomic mass is 28.3. The fraction of sp³-hybridized carbons (Fsp3) is 0.302. The van der Waals surface area contributed by atoms with Crippen molar-refractivity contribution < 1.29 is 18.3 Å². The molecule has 0 saturated heterocycles. The molecular formula is C86H108N4Si4+4. The highest BCUT2D eigenvalue weighted by molar-refractivity contribution is 6.90. The molecule has 8 heteroatoms. The van der Waals surface area contributed by atoms with Crippen molar-refractivity contribution in [2.24, 2.45) is 28.2 Å². The van der Waals surface area contributed by atoms with Crippen LogP contribution >= 0.6 is 0 Å². The minimum Gasteiger partial charge on any atom is -0.200 e. The Kier molecular flexibility index (Phi) is 20.7. The third-order valence-electron chi connectivity index (χ3n) is 19.9. The van der Waals surface area contributed by atoms with Gasteiger partial charge in [-0.2, -0.15) is 0 Å². The summed E-state index contributed by atoms with van der Waals surface area (Å²) in [6.07, 6.45) is 8.77. The highest BCUT2D eigenvalue weighted by Gasteiger charge is 2.27. The SMILES string of the molecule is Cc1cc(-c2c3ccc([Si](C)(C)C)cc3cc[n+]2C)c(C)c(C)c1C.Cc1cc(C)c(C)c(-c2c3ccc([Si](C)(C)C)cc3cc[n+]2C)c1.Cc1ccc(C)c(-c2c3ccc([Si](C)(C)C)cc3cc[n+]2C)c1.Cc1ccccc1-c1c2ccc([Si](C)(C)C)cc2cc[n+]1C. The fourth-order valence-electron chi connectivity index (χ4n) is 13.3. The molecule has 0 saturated carbocycles. The van der Waals surface area contributed by atoms with Gasteiger partial charge < -0.3 is 0 Å². The van der Waals surface area contributed by atoms with E-state index in [4.69, 9.17) is 0 Å². The van der Waals surface area contributed by atoms with Crippen LogP contribution in [0.5, 0.6) is 0 Å². The number of aryl methyl sites for hydroxylation is 10. The number of pyridine rings is 4. The van der Waals surface area contributed by atoms with E-state index in [1.807, 2.05) is 0 Å². The summed E-state index contributed by atoms with van der Waals surface area (Å²) in [7, 11) is 3.42. The lowest BCUT2D eigenvalue weighted by Crippen LogP contribution is -2.37. The van der Waals surface area contributed by atoms with E-state index in [2.05, 4.69) is 377 Å². The molecule has 0 fully saturated rings. The summed E-state index contributed by atoms with van der Waals surface area (Å²) in [5.41, 5.74) is 24.2. The molecule has 0 aliphatic carbocycles. The zero-order valence-electron chi connectivity index (χ0n) is 62.1. The zero-order chi connectivity index (χ0) is 68.8. The Morgan fingerprint density at radius 1 is 0.234 bits per heavy atom. The van der Waals surface area contributed by atoms with Crippen LogP contribution in [0.4, 0.5) is 0 Å². The van der Waals surface area contributed by atoms with Gasteiger partial charge >= 0.3 is 0 Å².